The molecule has 2 rings (SSSR count). The van der Waals surface area contributed by atoms with Gasteiger partial charge in [-0.25, -0.2) is 0 Å². The summed E-state index contributed by atoms with van der Waals surface area (Å²) in [5.74, 6) is 0. The molecule has 0 aliphatic carbocycles. The second-order valence-electron chi connectivity index (χ2n) is 4.89. The van der Waals surface area contributed by atoms with Crippen molar-refractivity contribution in [2.24, 2.45) is 0 Å². The Balaban J connectivity index is 2.01. The zero-order chi connectivity index (χ0) is 10.9. The smallest absolute Gasteiger partial charge is 0.102 e. The Bertz CT molecular complexity index is 236. The summed E-state index contributed by atoms with van der Waals surface area (Å²) in [6.45, 7) is 3.02. The minimum absolute atomic E-state index is 0.0800. The van der Waals surface area contributed by atoms with Crippen LogP contribution in [-0.4, -0.2) is 41.0 Å². The first-order chi connectivity index (χ1) is 7.14. The zero-order valence-corrected chi connectivity index (χ0v) is 10.8. The van der Waals surface area contributed by atoms with Gasteiger partial charge in [0.15, 0.2) is 0 Å². The van der Waals surface area contributed by atoms with Crippen LogP contribution in [0.3, 0.4) is 0 Å². The molecule has 2 aliphatic rings. The molecule has 2 heterocycles. The molecule has 2 bridgehead atoms. The highest BCUT2D eigenvalue weighted by Crippen LogP contribution is 2.45. The van der Waals surface area contributed by atoms with Crippen LogP contribution in [-0.2, 0) is 9.47 Å². The van der Waals surface area contributed by atoms with Gasteiger partial charge in [-0.1, -0.05) is 15.9 Å². The van der Waals surface area contributed by atoms with Crippen molar-refractivity contribution in [1.82, 2.24) is 0 Å². The van der Waals surface area contributed by atoms with E-state index in [-0.39, 0.29) is 23.9 Å². The van der Waals surface area contributed by atoms with Crippen molar-refractivity contribution < 1.29 is 14.6 Å². The number of rotatable bonds is 4. The van der Waals surface area contributed by atoms with Gasteiger partial charge in [0, 0.05) is 11.9 Å². The van der Waals surface area contributed by atoms with Crippen molar-refractivity contribution in [3.05, 3.63) is 0 Å². The predicted octanol–water partition coefficient (Wildman–Crippen LogP) is 1.86. The van der Waals surface area contributed by atoms with Gasteiger partial charge in [-0.2, -0.15) is 0 Å². The van der Waals surface area contributed by atoms with Crippen molar-refractivity contribution in [2.75, 3.05) is 18.5 Å². The lowest BCUT2D eigenvalue weighted by atomic mass is 9.91. The maximum absolute atomic E-state index is 8.87. The molecule has 0 aromatic heterocycles. The standard InChI is InChI=1S/C11H19BrO3/c1-10(4-2-6-13)9-3-5-11(7-12,15-9)8-14-10/h9,13H,2-8H2,1H3. The maximum Gasteiger partial charge on any atom is 0.102 e. The molecule has 3 atom stereocenters. The van der Waals surface area contributed by atoms with E-state index in [2.05, 4.69) is 22.9 Å². The summed E-state index contributed by atoms with van der Waals surface area (Å²) in [5, 5.41) is 9.73. The molecule has 0 saturated carbocycles. The fraction of sp³-hybridized carbons (Fsp3) is 1.00. The molecule has 2 aliphatic heterocycles. The minimum atomic E-state index is -0.190. The van der Waals surface area contributed by atoms with E-state index < -0.39 is 0 Å². The van der Waals surface area contributed by atoms with Gasteiger partial charge >= 0.3 is 0 Å². The highest BCUT2D eigenvalue weighted by atomic mass is 79.9. The highest BCUT2D eigenvalue weighted by molar-refractivity contribution is 9.09. The monoisotopic (exact) mass is 278 g/mol. The van der Waals surface area contributed by atoms with Crippen LogP contribution in [0.15, 0.2) is 0 Å². The maximum atomic E-state index is 8.87. The van der Waals surface area contributed by atoms with Crippen LogP contribution in [0, 0.1) is 0 Å². The number of aliphatic hydroxyl groups is 1. The summed E-state index contributed by atoms with van der Waals surface area (Å²) < 4.78 is 12.1. The van der Waals surface area contributed by atoms with Gasteiger partial charge in [0.05, 0.1) is 18.3 Å². The predicted molar refractivity (Wildman–Crippen MR) is 61.3 cm³/mol. The SMILES string of the molecule is CC1(CCCO)OCC2(CBr)CCC1O2. The number of fused-ring (bicyclic) bond motifs is 2. The van der Waals surface area contributed by atoms with Crippen molar-refractivity contribution in [2.45, 2.75) is 49.9 Å². The summed E-state index contributed by atoms with van der Waals surface area (Å²) in [6, 6.07) is 0. The molecule has 0 spiro atoms. The van der Waals surface area contributed by atoms with Crippen molar-refractivity contribution in [3.63, 3.8) is 0 Å². The minimum Gasteiger partial charge on any atom is -0.396 e. The van der Waals surface area contributed by atoms with E-state index in [1.807, 2.05) is 0 Å². The summed E-state index contributed by atoms with van der Waals surface area (Å²) in [6.07, 6.45) is 4.03. The Morgan fingerprint density at radius 2 is 2.33 bits per heavy atom. The lowest BCUT2D eigenvalue weighted by Gasteiger charge is -2.43. The lowest BCUT2D eigenvalue weighted by Crippen LogP contribution is -2.53. The first-order valence-electron chi connectivity index (χ1n) is 5.63. The molecule has 2 fully saturated rings. The fourth-order valence-electron chi connectivity index (χ4n) is 2.54. The van der Waals surface area contributed by atoms with E-state index in [9.17, 15) is 0 Å². The first-order valence-corrected chi connectivity index (χ1v) is 6.75. The van der Waals surface area contributed by atoms with E-state index in [1.165, 1.54) is 0 Å². The number of hydrogen-bond donors (Lipinski definition) is 1. The third-order valence-electron chi connectivity index (χ3n) is 3.68. The van der Waals surface area contributed by atoms with Gasteiger partial charge in [0.25, 0.3) is 0 Å². The first kappa shape index (κ1) is 11.8. The van der Waals surface area contributed by atoms with Crippen LogP contribution in [0.2, 0.25) is 0 Å². The lowest BCUT2D eigenvalue weighted by molar-refractivity contribution is -0.233. The summed E-state index contributed by atoms with van der Waals surface area (Å²) in [5.41, 5.74) is -0.270. The largest absolute Gasteiger partial charge is 0.396 e. The molecule has 4 heteroatoms. The summed E-state index contributed by atoms with van der Waals surface area (Å²) in [4.78, 5) is 0. The summed E-state index contributed by atoms with van der Waals surface area (Å²) >= 11 is 3.50. The van der Waals surface area contributed by atoms with Gasteiger partial charge in [-0.15, -0.1) is 0 Å². The van der Waals surface area contributed by atoms with Crippen LogP contribution in [0.5, 0.6) is 0 Å². The average molecular weight is 279 g/mol. The zero-order valence-electron chi connectivity index (χ0n) is 9.17. The van der Waals surface area contributed by atoms with E-state index in [1.54, 1.807) is 0 Å². The van der Waals surface area contributed by atoms with E-state index >= 15 is 0 Å². The highest BCUT2D eigenvalue weighted by Gasteiger charge is 2.52. The number of ether oxygens (including phenoxy) is 2. The Morgan fingerprint density at radius 3 is 3.00 bits per heavy atom. The molecule has 88 valence electrons. The molecule has 3 nitrogen and oxygen atoms in total. The van der Waals surface area contributed by atoms with Gasteiger partial charge in [-0.05, 0) is 32.6 Å². The average Bonchev–Trinajstić information content (AvgIpc) is 2.64. The third-order valence-corrected chi connectivity index (χ3v) is 4.70. The Kier molecular flexibility index (Phi) is 3.41. The molecule has 2 saturated heterocycles. The van der Waals surface area contributed by atoms with Crippen LogP contribution in [0.4, 0.5) is 0 Å². The van der Waals surface area contributed by atoms with Crippen LogP contribution in [0.25, 0.3) is 0 Å². The molecule has 0 amide bonds. The summed E-state index contributed by atoms with van der Waals surface area (Å²) in [7, 11) is 0. The van der Waals surface area contributed by atoms with Gasteiger partial charge < -0.3 is 14.6 Å². The molecule has 1 N–H and O–H groups in total. The Morgan fingerprint density at radius 1 is 1.53 bits per heavy atom. The van der Waals surface area contributed by atoms with Gasteiger partial charge in [-0.3, -0.25) is 0 Å². The Hall–Kier alpha value is 0.360. The fourth-order valence-corrected chi connectivity index (χ4v) is 3.11. The molecular formula is C11H19BrO3. The van der Waals surface area contributed by atoms with Crippen LogP contribution < -0.4 is 0 Å². The quantitative estimate of drug-likeness (QED) is 0.798. The van der Waals surface area contributed by atoms with Gasteiger partial charge in [0.1, 0.15) is 5.60 Å². The second kappa shape index (κ2) is 4.32. The molecule has 0 aromatic carbocycles. The molecular weight excluding hydrogens is 260 g/mol. The molecule has 0 radical (unpaired) electrons. The topological polar surface area (TPSA) is 38.7 Å². The third kappa shape index (κ3) is 2.09. The second-order valence-corrected chi connectivity index (χ2v) is 5.45. The van der Waals surface area contributed by atoms with E-state index in [4.69, 9.17) is 14.6 Å². The van der Waals surface area contributed by atoms with Crippen LogP contribution in [0.1, 0.15) is 32.6 Å². The van der Waals surface area contributed by atoms with Crippen LogP contribution >= 0.6 is 15.9 Å². The van der Waals surface area contributed by atoms with Crippen molar-refractivity contribution in [1.29, 1.82) is 0 Å². The number of hydrogen-bond acceptors (Lipinski definition) is 3. The number of aliphatic hydroxyl groups excluding tert-OH is 1. The molecule has 15 heavy (non-hydrogen) atoms. The van der Waals surface area contributed by atoms with Crippen molar-refractivity contribution >= 4 is 15.9 Å². The Labute approximate surface area is 99.3 Å². The van der Waals surface area contributed by atoms with Crippen molar-refractivity contribution in [3.8, 4) is 0 Å². The number of alkyl halides is 1. The van der Waals surface area contributed by atoms with E-state index in [0.29, 0.717) is 6.61 Å². The molecule has 3 unspecified atom stereocenters. The van der Waals surface area contributed by atoms with E-state index in [0.717, 1.165) is 31.0 Å². The molecule has 0 aromatic rings. The van der Waals surface area contributed by atoms with Gasteiger partial charge in [0.2, 0.25) is 0 Å². The number of halogens is 1. The normalized spacial score (nSPS) is 44.6.